The third-order valence-corrected chi connectivity index (χ3v) is 0. The molecule has 0 bridgehead atoms. The van der Waals surface area contributed by atoms with Gasteiger partial charge in [0.15, 0.2) is 0 Å². The maximum atomic E-state index is 8.74. The summed E-state index contributed by atoms with van der Waals surface area (Å²) in [4.78, 5) is 0. The SMILES string of the molecule is C.Cl.Cl.O=S(=O)(O)O.[MgH2]. The molecule has 0 aromatic rings. The van der Waals surface area contributed by atoms with E-state index in [1.807, 2.05) is 0 Å². The van der Waals surface area contributed by atoms with Crippen LogP contribution in [0.4, 0.5) is 0 Å². The Labute approximate surface area is 83.0 Å². The van der Waals surface area contributed by atoms with E-state index in [2.05, 4.69) is 0 Å². The minimum atomic E-state index is -4.67. The van der Waals surface area contributed by atoms with E-state index < -0.39 is 10.4 Å². The van der Waals surface area contributed by atoms with Crippen LogP contribution in [0.3, 0.4) is 0 Å². The van der Waals surface area contributed by atoms with Crippen molar-refractivity contribution in [3.05, 3.63) is 0 Å². The van der Waals surface area contributed by atoms with E-state index in [1.54, 1.807) is 0 Å². The third kappa shape index (κ3) is 324. The Morgan fingerprint density at radius 2 is 1.00 bits per heavy atom. The van der Waals surface area contributed by atoms with Gasteiger partial charge in [0.05, 0.1) is 0 Å². The summed E-state index contributed by atoms with van der Waals surface area (Å²) >= 11 is 0. The van der Waals surface area contributed by atoms with Gasteiger partial charge in [0, 0.05) is 0 Å². The van der Waals surface area contributed by atoms with Crippen molar-refractivity contribution in [3.63, 3.8) is 0 Å². The zero-order chi connectivity index (χ0) is 4.50. The van der Waals surface area contributed by atoms with Gasteiger partial charge >= 0.3 is 33.5 Å². The fourth-order valence-electron chi connectivity index (χ4n) is 0. The van der Waals surface area contributed by atoms with Crippen molar-refractivity contribution < 1.29 is 17.5 Å². The highest BCUT2D eigenvalue weighted by Crippen LogP contribution is 1.59. The fourth-order valence-corrected chi connectivity index (χ4v) is 0. The monoisotopic (exact) mass is 212 g/mol. The van der Waals surface area contributed by atoms with Gasteiger partial charge in [0.2, 0.25) is 0 Å². The quantitative estimate of drug-likeness (QED) is 0.436. The van der Waals surface area contributed by atoms with Crippen LogP contribution in [-0.2, 0) is 10.4 Å². The minimum Gasteiger partial charge on any atom is -0.264 e. The van der Waals surface area contributed by atoms with Crippen molar-refractivity contribution >= 4 is 58.3 Å². The maximum absolute atomic E-state index is 8.74. The Morgan fingerprint density at radius 1 is 1.00 bits per heavy atom. The molecule has 0 radical (unpaired) electrons. The summed E-state index contributed by atoms with van der Waals surface area (Å²) < 4.78 is 31.6. The molecule has 60 valence electrons. The standard InChI is InChI=1S/CH4.2ClH.Mg.H2O4S.2H/c;;;;1-5(2,3)4;;/h1H4;2*1H;;(H2,1,2,3,4);;. The Hall–Kier alpha value is 1.22. The van der Waals surface area contributed by atoms with Gasteiger partial charge in [-0.2, -0.15) is 8.42 Å². The Balaban J connectivity index is -0.0000000133. The molecule has 0 amide bonds. The second-order valence-corrected chi connectivity index (χ2v) is 1.34. The summed E-state index contributed by atoms with van der Waals surface area (Å²) in [7, 11) is -4.67. The third-order valence-electron chi connectivity index (χ3n) is 0. The van der Waals surface area contributed by atoms with Gasteiger partial charge in [-0.15, -0.1) is 24.8 Å². The zero-order valence-electron chi connectivity index (χ0n) is 2.94. The number of hydrogen-bond acceptors (Lipinski definition) is 2. The first-order chi connectivity index (χ1) is 2.00. The van der Waals surface area contributed by atoms with Crippen molar-refractivity contribution in [1.82, 2.24) is 0 Å². The molecule has 0 spiro atoms. The van der Waals surface area contributed by atoms with Gasteiger partial charge in [0.25, 0.3) is 0 Å². The van der Waals surface area contributed by atoms with E-state index in [0.29, 0.717) is 0 Å². The van der Waals surface area contributed by atoms with Crippen molar-refractivity contribution in [2.24, 2.45) is 0 Å². The van der Waals surface area contributed by atoms with Crippen molar-refractivity contribution in [2.75, 3.05) is 0 Å². The van der Waals surface area contributed by atoms with E-state index in [9.17, 15) is 0 Å². The van der Waals surface area contributed by atoms with Crippen LogP contribution < -0.4 is 0 Å². The molecule has 0 fully saturated rings. The van der Waals surface area contributed by atoms with Gasteiger partial charge in [-0.1, -0.05) is 7.43 Å². The second kappa shape index (κ2) is 11.9. The largest absolute Gasteiger partial charge is 0.394 e. The molecule has 0 aliphatic carbocycles. The maximum Gasteiger partial charge on any atom is 0.394 e. The molecule has 8 heteroatoms. The first kappa shape index (κ1) is 31.9. The summed E-state index contributed by atoms with van der Waals surface area (Å²) in [5, 5.41) is 0. The lowest BCUT2D eigenvalue weighted by atomic mass is 12.0. The van der Waals surface area contributed by atoms with Crippen LogP contribution in [-0.4, -0.2) is 40.6 Å². The van der Waals surface area contributed by atoms with E-state index in [4.69, 9.17) is 17.5 Å². The minimum absolute atomic E-state index is 0. The van der Waals surface area contributed by atoms with Crippen LogP contribution in [0.2, 0.25) is 0 Å². The van der Waals surface area contributed by atoms with Crippen molar-refractivity contribution in [1.29, 1.82) is 0 Å². The summed E-state index contributed by atoms with van der Waals surface area (Å²) in [6.07, 6.45) is 0. The van der Waals surface area contributed by atoms with E-state index in [-0.39, 0.29) is 55.3 Å². The second-order valence-electron chi connectivity index (χ2n) is 0.448. The molecule has 0 aliphatic rings. The summed E-state index contributed by atoms with van der Waals surface area (Å²) in [5.41, 5.74) is 0. The molecular formula is CH10Cl2MgO4S. The van der Waals surface area contributed by atoms with Crippen LogP contribution in [0.25, 0.3) is 0 Å². The van der Waals surface area contributed by atoms with Gasteiger partial charge in [-0.3, -0.25) is 9.11 Å². The molecule has 0 aromatic carbocycles. The summed E-state index contributed by atoms with van der Waals surface area (Å²) in [6, 6.07) is 0. The van der Waals surface area contributed by atoms with Crippen LogP contribution in [0.15, 0.2) is 0 Å². The van der Waals surface area contributed by atoms with Gasteiger partial charge in [-0.25, -0.2) is 0 Å². The molecule has 0 atom stereocenters. The van der Waals surface area contributed by atoms with Crippen LogP contribution in [0.5, 0.6) is 0 Å². The molecule has 4 nitrogen and oxygen atoms in total. The van der Waals surface area contributed by atoms with Crippen molar-refractivity contribution in [3.8, 4) is 0 Å². The van der Waals surface area contributed by atoms with Crippen LogP contribution in [0, 0.1) is 0 Å². The van der Waals surface area contributed by atoms with E-state index in [0.717, 1.165) is 0 Å². The molecule has 0 aromatic heterocycles. The average molecular weight is 213 g/mol. The molecule has 9 heavy (non-hydrogen) atoms. The summed E-state index contributed by atoms with van der Waals surface area (Å²) in [5.74, 6) is 0. The zero-order valence-corrected chi connectivity index (χ0v) is 5.39. The lowest BCUT2D eigenvalue weighted by Crippen LogP contribution is -1.89. The van der Waals surface area contributed by atoms with E-state index >= 15 is 0 Å². The number of rotatable bonds is 0. The lowest BCUT2D eigenvalue weighted by molar-refractivity contribution is 0.381. The number of hydrogen-bond donors (Lipinski definition) is 2. The Kier molecular flexibility index (Phi) is 42.3. The lowest BCUT2D eigenvalue weighted by Gasteiger charge is -1.68. The van der Waals surface area contributed by atoms with Crippen molar-refractivity contribution in [2.45, 2.75) is 7.43 Å². The summed E-state index contributed by atoms with van der Waals surface area (Å²) in [6.45, 7) is 0. The predicted octanol–water partition coefficient (Wildman–Crippen LogP) is -0.0893. The highest BCUT2D eigenvalue weighted by Gasteiger charge is 1.84. The molecular weight excluding hydrogens is 203 g/mol. The van der Waals surface area contributed by atoms with Crippen LogP contribution in [0.1, 0.15) is 7.43 Å². The molecule has 2 N–H and O–H groups in total. The molecule has 0 unspecified atom stereocenters. The highest BCUT2D eigenvalue weighted by atomic mass is 35.5. The van der Waals surface area contributed by atoms with Gasteiger partial charge in [-0.05, 0) is 0 Å². The molecule has 0 heterocycles. The highest BCUT2D eigenvalue weighted by molar-refractivity contribution is 7.79. The predicted molar refractivity (Wildman–Crippen MR) is 43.9 cm³/mol. The van der Waals surface area contributed by atoms with Crippen LogP contribution >= 0.6 is 24.8 Å². The Morgan fingerprint density at radius 3 is 1.00 bits per heavy atom. The fraction of sp³-hybridized carbons (Fsp3) is 1.00. The topological polar surface area (TPSA) is 74.6 Å². The molecule has 0 rings (SSSR count). The first-order valence-electron chi connectivity index (χ1n) is 0.698. The smallest absolute Gasteiger partial charge is 0.264 e. The normalized spacial score (nSPS) is 6.44. The van der Waals surface area contributed by atoms with Gasteiger partial charge < -0.3 is 0 Å². The average Bonchev–Trinajstić information content (AvgIpc) is 0.722. The van der Waals surface area contributed by atoms with E-state index in [1.165, 1.54) is 0 Å². The first-order valence-corrected chi connectivity index (χ1v) is 2.10. The Bertz CT molecular complexity index is 102. The molecule has 0 saturated carbocycles. The van der Waals surface area contributed by atoms with Gasteiger partial charge in [0.1, 0.15) is 0 Å². The molecule has 0 saturated heterocycles. The number of halogens is 2. The molecule has 0 aliphatic heterocycles.